The van der Waals surface area contributed by atoms with Gasteiger partial charge in [0.25, 0.3) is 0 Å². The van der Waals surface area contributed by atoms with Crippen LogP contribution in [-0.2, 0) is 0 Å². The van der Waals surface area contributed by atoms with E-state index >= 15 is 0 Å². The van der Waals surface area contributed by atoms with Crippen molar-refractivity contribution < 1.29 is 0 Å². The minimum atomic E-state index is 0.948. The highest BCUT2D eigenvalue weighted by Crippen LogP contribution is 2.16. The van der Waals surface area contributed by atoms with E-state index in [1.807, 2.05) is 0 Å². The standard InChI is InChI=1S/C10H19N/c1-3-4-9(2)5-6-10-7-11-8-10/h10-11H,2-8H2,1H3. The molecule has 1 aliphatic rings. The molecule has 0 saturated carbocycles. The van der Waals surface area contributed by atoms with E-state index in [0.29, 0.717) is 0 Å². The monoisotopic (exact) mass is 153 g/mol. The third kappa shape index (κ3) is 3.06. The summed E-state index contributed by atoms with van der Waals surface area (Å²) < 4.78 is 0. The number of allylic oxidation sites excluding steroid dienone is 1. The lowest BCUT2D eigenvalue weighted by Crippen LogP contribution is -2.41. The van der Waals surface area contributed by atoms with Crippen LogP contribution in [0.1, 0.15) is 32.6 Å². The van der Waals surface area contributed by atoms with Gasteiger partial charge in [0.1, 0.15) is 0 Å². The van der Waals surface area contributed by atoms with Crippen LogP contribution >= 0.6 is 0 Å². The first-order valence-electron chi connectivity index (χ1n) is 4.70. The van der Waals surface area contributed by atoms with Gasteiger partial charge in [0, 0.05) is 0 Å². The van der Waals surface area contributed by atoms with E-state index in [9.17, 15) is 0 Å². The Kier molecular flexibility index (Phi) is 3.64. The van der Waals surface area contributed by atoms with Crippen LogP contribution in [0.15, 0.2) is 12.2 Å². The molecule has 0 aliphatic carbocycles. The zero-order chi connectivity index (χ0) is 8.10. The van der Waals surface area contributed by atoms with E-state index in [-0.39, 0.29) is 0 Å². The van der Waals surface area contributed by atoms with Gasteiger partial charge in [-0.2, -0.15) is 0 Å². The Morgan fingerprint density at radius 1 is 1.45 bits per heavy atom. The van der Waals surface area contributed by atoms with Crippen LogP contribution in [0.3, 0.4) is 0 Å². The van der Waals surface area contributed by atoms with E-state index in [4.69, 9.17) is 0 Å². The molecule has 0 amide bonds. The van der Waals surface area contributed by atoms with Crippen LogP contribution in [0.2, 0.25) is 0 Å². The molecule has 64 valence electrons. The molecule has 0 spiro atoms. The topological polar surface area (TPSA) is 12.0 Å². The van der Waals surface area contributed by atoms with Crippen molar-refractivity contribution in [3.8, 4) is 0 Å². The van der Waals surface area contributed by atoms with E-state index < -0.39 is 0 Å². The average Bonchev–Trinajstić information content (AvgIpc) is 1.85. The van der Waals surface area contributed by atoms with Gasteiger partial charge in [0.2, 0.25) is 0 Å². The Labute approximate surface area is 69.9 Å². The first-order chi connectivity index (χ1) is 5.33. The second-order valence-electron chi connectivity index (χ2n) is 3.56. The highest BCUT2D eigenvalue weighted by atomic mass is 14.9. The summed E-state index contributed by atoms with van der Waals surface area (Å²) in [4.78, 5) is 0. The quantitative estimate of drug-likeness (QED) is 0.598. The van der Waals surface area contributed by atoms with Crippen molar-refractivity contribution >= 4 is 0 Å². The summed E-state index contributed by atoms with van der Waals surface area (Å²) in [5, 5.41) is 3.29. The minimum Gasteiger partial charge on any atom is -0.316 e. The van der Waals surface area contributed by atoms with Crippen LogP contribution in [0.4, 0.5) is 0 Å². The summed E-state index contributed by atoms with van der Waals surface area (Å²) in [5.41, 5.74) is 1.44. The van der Waals surface area contributed by atoms with Gasteiger partial charge in [-0.05, 0) is 38.3 Å². The lowest BCUT2D eigenvalue weighted by Gasteiger charge is -2.27. The summed E-state index contributed by atoms with van der Waals surface area (Å²) in [5.74, 6) is 0.948. The minimum absolute atomic E-state index is 0.948. The van der Waals surface area contributed by atoms with Gasteiger partial charge in [0.15, 0.2) is 0 Å². The maximum Gasteiger partial charge on any atom is -0.000814 e. The van der Waals surface area contributed by atoms with E-state index in [1.54, 1.807) is 0 Å². The summed E-state index contributed by atoms with van der Waals surface area (Å²) in [7, 11) is 0. The van der Waals surface area contributed by atoms with Crippen molar-refractivity contribution in [2.24, 2.45) is 5.92 Å². The fourth-order valence-electron chi connectivity index (χ4n) is 1.44. The Balaban J connectivity index is 1.96. The van der Waals surface area contributed by atoms with Crippen molar-refractivity contribution in [1.29, 1.82) is 0 Å². The van der Waals surface area contributed by atoms with Gasteiger partial charge in [-0.15, -0.1) is 0 Å². The van der Waals surface area contributed by atoms with Gasteiger partial charge in [-0.1, -0.05) is 25.5 Å². The SMILES string of the molecule is C=C(CCC)CCC1CNC1. The Hall–Kier alpha value is -0.300. The summed E-state index contributed by atoms with van der Waals surface area (Å²) in [6, 6.07) is 0. The predicted octanol–water partition coefficient (Wildman–Crippen LogP) is 2.34. The summed E-state index contributed by atoms with van der Waals surface area (Å²) >= 11 is 0. The largest absolute Gasteiger partial charge is 0.316 e. The normalized spacial score (nSPS) is 17.9. The molecule has 1 rings (SSSR count). The van der Waals surface area contributed by atoms with Crippen LogP contribution in [0.5, 0.6) is 0 Å². The number of hydrogen-bond donors (Lipinski definition) is 1. The lowest BCUT2D eigenvalue weighted by atomic mass is 9.94. The molecule has 1 aliphatic heterocycles. The Morgan fingerprint density at radius 3 is 2.64 bits per heavy atom. The predicted molar refractivity (Wildman–Crippen MR) is 49.6 cm³/mol. The van der Waals surface area contributed by atoms with Crippen LogP contribution in [0.25, 0.3) is 0 Å². The van der Waals surface area contributed by atoms with Gasteiger partial charge in [-0.3, -0.25) is 0 Å². The van der Waals surface area contributed by atoms with E-state index in [0.717, 1.165) is 5.92 Å². The molecule has 1 nitrogen and oxygen atoms in total. The molecule has 1 N–H and O–H groups in total. The second kappa shape index (κ2) is 4.55. The third-order valence-corrected chi connectivity index (χ3v) is 2.38. The fraction of sp³-hybridized carbons (Fsp3) is 0.800. The highest BCUT2D eigenvalue weighted by Gasteiger charge is 2.15. The van der Waals surface area contributed by atoms with Crippen molar-refractivity contribution in [2.75, 3.05) is 13.1 Å². The van der Waals surface area contributed by atoms with Gasteiger partial charge in [0.05, 0.1) is 0 Å². The maximum atomic E-state index is 4.05. The van der Waals surface area contributed by atoms with Crippen molar-refractivity contribution in [1.82, 2.24) is 5.32 Å². The Morgan fingerprint density at radius 2 is 2.18 bits per heavy atom. The molecule has 0 radical (unpaired) electrons. The molecule has 1 heterocycles. The van der Waals surface area contributed by atoms with Crippen molar-refractivity contribution in [2.45, 2.75) is 32.6 Å². The molecule has 0 aromatic rings. The summed E-state index contributed by atoms with van der Waals surface area (Å²) in [6.45, 7) is 8.74. The first-order valence-corrected chi connectivity index (χ1v) is 4.70. The third-order valence-electron chi connectivity index (χ3n) is 2.38. The molecule has 11 heavy (non-hydrogen) atoms. The average molecular weight is 153 g/mol. The zero-order valence-corrected chi connectivity index (χ0v) is 7.53. The van der Waals surface area contributed by atoms with Gasteiger partial charge >= 0.3 is 0 Å². The Bertz CT molecular complexity index is 125. The smallest absolute Gasteiger partial charge is 0.000814 e. The molecule has 1 saturated heterocycles. The number of nitrogens with one attached hydrogen (secondary N) is 1. The molecular weight excluding hydrogens is 134 g/mol. The molecular formula is C10H19N. The molecule has 1 fully saturated rings. The fourth-order valence-corrected chi connectivity index (χ4v) is 1.44. The molecule has 0 atom stereocenters. The molecule has 0 bridgehead atoms. The lowest BCUT2D eigenvalue weighted by molar-refractivity contribution is 0.326. The van der Waals surface area contributed by atoms with Crippen LogP contribution < -0.4 is 5.32 Å². The molecule has 0 aromatic carbocycles. The van der Waals surface area contributed by atoms with Gasteiger partial charge < -0.3 is 5.32 Å². The molecule has 1 heteroatoms. The molecule has 0 unspecified atom stereocenters. The van der Waals surface area contributed by atoms with E-state index in [2.05, 4.69) is 18.8 Å². The van der Waals surface area contributed by atoms with Crippen molar-refractivity contribution in [3.05, 3.63) is 12.2 Å². The highest BCUT2D eigenvalue weighted by molar-refractivity contribution is 4.94. The maximum absolute atomic E-state index is 4.05. The van der Waals surface area contributed by atoms with E-state index in [1.165, 1.54) is 44.3 Å². The zero-order valence-electron chi connectivity index (χ0n) is 7.53. The second-order valence-corrected chi connectivity index (χ2v) is 3.56. The van der Waals surface area contributed by atoms with Crippen LogP contribution in [0, 0.1) is 5.92 Å². The summed E-state index contributed by atoms with van der Waals surface area (Å²) in [6.07, 6.45) is 5.08. The first kappa shape index (κ1) is 8.79. The molecule has 0 aromatic heterocycles. The number of hydrogen-bond acceptors (Lipinski definition) is 1. The van der Waals surface area contributed by atoms with Gasteiger partial charge in [-0.25, -0.2) is 0 Å². The number of rotatable bonds is 5. The van der Waals surface area contributed by atoms with Crippen molar-refractivity contribution in [3.63, 3.8) is 0 Å². The van der Waals surface area contributed by atoms with Crippen LogP contribution in [-0.4, -0.2) is 13.1 Å².